The van der Waals surface area contributed by atoms with Crippen molar-refractivity contribution in [3.8, 4) is 0 Å². The standard InChI is InChI=1S/C16H10F5N3O/c17-11-5-13-14(6-12(11)18)24(8-22-13)7-15(25)23-10-3-1-9(2-4-10)16(19,20)21/h1-6,8H,7H2,(H,23,25). The van der Waals surface area contributed by atoms with E-state index in [1.54, 1.807) is 0 Å². The molecule has 1 heterocycles. The highest BCUT2D eigenvalue weighted by atomic mass is 19.4. The van der Waals surface area contributed by atoms with Crippen molar-refractivity contribution in [2.45, 2.75) is 12.7 Å². The Kier molecular flexibility index (Phi) is 4.15. The van der Waals surface area contributed by atoms with E-state index < -0.39 is 29.3 Å². The third kappa shape index (κ3) is 3.59. The fourth-order valence-electron chi connectivity index (χ4n) is 2.28. The Labute approximate surface area is 137 Å². The first kappa shape index (κ1) is 16.9. The van der Waals surface area contributed by atoms with E-state index in [-0.39, 0.29) is 23.3 Å². The summed E-state index contributed by atoms with van der Waals surface area (Å²) in [5.74, 6) is -2.67. The van der Waals surface area contributed by atoms with Crippen molar-refractivity contribution >= 4 is 22.6 Å². The molecule has 0 spiro atoms. The summed E-state index contributed by atoms with van der Waals surface area (Å²) in [5, 5.41) is 2.43. The van der Waals surface area contributed by atoms with Crippen LogP contribution < -0.4 is 5.32 Å². The number of fused-ring (bicyclic) bond motifs is 1. The molecule has 4 nitrogen and oxygen atoms in total. The predicted molar refractivity (Wildman–Crippen MR) is 79.7 cm³/mol. The zero-order chi connectivity index (χ0) is 18.2. The smallest absolute Gasteiger partial charge is 0.325 e. The molecule has 9 heteroatoms. The van der Waals surface area contributed by atoms with Crippen LogP contribution in [0.4, 0.5) is 27.6 Å². The predicted octanol–water partition coefficient (Wildman–Crippen LogP) is 3.97. The maximum absolute atomic E-state index is 13.3. The normalized spacial score (nSPS) is 11.7. The Bertz CT molecular complexity index is 931. The lowest BCUT2D eigenvalue weighted by atomic mass is 10.2. The van der Waals surface area contributed by atoms with Gasteiger partial charge in [-0.15, -0.1) is 0 Å². The number of anilines is 1. The van der Waals surface area contributed by atoms with Crippen molar-refractivity contribution in [1.29, 1.82) is 0 Å². The molecule has 0 saturated heterocycles. The molecule has 0 radical (unpaired) electrons. The van der Waals surface area contributed by atoms with Crippen LogP contribution in [0.25, 0.3) is 11.0 Å². The van der Waals surface area contributed by atoms with E-state index in [2.05, 4.69) is 10.3 Å². The Hall–Kier alpha value is -2.97. The Morgan fingerprint density at radius 3 is 2.36 bits per heavy atom. The minimum absolute atomic E-state index is 0.180. The number of nitrogens with zero attached hydrogens (tertiary/aromatic N) is 2. The van der Waals surface area contributed by atoms with Gasteiger partial charge in [-0.1, -0.05) is 0 Å². The van der Waals surface area contributed by atoms with E-state index in [0.717, 1.165) is 36.4 Å². The highest BCUT2D eigenvalue weighted by Gasteiger charge is 2.30. The Morgan fingerprint density at radius 2 is 1.72 bits per heavy atom. The van der Waals surface area contributed by atoms with Gasteiger partial charge in [0.1, 0.15) is 6.54 Å². The SMILES string of the molecule is O=C(Cn1cnc2cc(F)c(F)cc21)Nc1ccc(C(F)(F)F)cc1. The highest BCUT2D eigenvalue weighted by molar-refractivity contribution is 5.91. The molecule has 3 aromatic rings. The summed E-state index contributed by atoms with van der Waals surface area (Å²) in [6.45, 7) is -0.261. The molecule has 3 rings (SSSR count). The number of rotatable bonds is 3. The van der Waals surface area contributed by atoms with Crippen molar-refractivity contribution in [3.63, 3.8) is 0 Å². The molecule has 2 aromatic carbocycles. The maximum atomic E-state index is 13.3. The van der Waals surface area contributed by atoms with Gasteiger partial charge in [-0.3, -0.25) is 4.79 Å². The van der Waals surface area contributed by atoms with Crippen LogP contribution in [0.2, 0.25) is 0 Å². The molecule has 0 aliphatic rings. The quantitative estimate of drug-likeness (QED) is 0.723. The van der Waals surface area contributed by atoms with Gasteiger partial charge in [0.25, 0.3) is 0 Å². The highest BCUT2D eigenvalue weighted by Crippen LogP contribution is 2.29. The summed E-state index contributed by atoms with van der Waals surface area (Å²) in [6.07, 6.45) is -3.21. The van der Waals surface area contributed by atoms with Crippen LogP contribution in [-0.4, -0.2) is 15.5 Å². The molecule has 0 unspecified atom stereocenters. The second-order valence-corrected chi connectivity index (χ2v) is 5.25. The number of imidazole rings is 1. The van der Waals surface area contributed by atoms with E-state index in [1.165, 1.54) is 10.9 Å². The maximum Gasteiger partial charge on any atom is 0.416 e. The second-order valence-electron chi connectivity index (χ2n) is 5.25. The fourth-order valence-corrected chi connectivity index (χ4v) is 2.28. The largest absolute Gasteiger partial charge is 0.416 e. The summed E-state index contributed by atoms with van der Waals surface area (Å²) in [5.41, 5.74) is -0.244. The minimum Gasteiger partial charge on any atom is -0.325 e. The van der Waals surface area contributed by atoms with Crippen LogP contribution in [0.5, 0.6) is 0 Å². The number of alkyl halides is 3. The molecule has 0 atom stereocenters. The van der Waals surface area contributed by atoms with Gasteiger partial charge in [0, 0.05) is 17.8 Å². The number of hydrogen-bond donors (Lipinski definition) is 1. The van der Waals surface area contributed by atoms with E-state index >= 15 is 0 Å². The van der Waals surface area contributed by atoms with Gasteiger partial charge in [-0.25, -0.2) is 13.8 Å². The summed E-state index contributed by atoms with van der Waals surface area (Å²) in [6, 6.07) is 5.78. The number of hydrogen-bond acceptors (Lipinski definition) is 2. The first-order valence-corrected chi connectivity index (χ1v) is 7.01. The molecule has 1 N–H and O–H groups in total. The first-order chi connectivity index (χ1) is 11.7. The summed E-state index contributed by atoms with van der Waals surface area (Å²) in [4.78, 5) is 15.9. The van der Waals surface area contributed by atoms with Crippen LogP contribution in [0.1, 0.15) is 5.56 Å². The van der Waals surface area contributed by atoms with Crippen LogP contribution in [-0.2, 0) is 17.5 Å². The second kappa shape index (κ2) is 6.15. The number of carbonyl (C=O) groups is 1. The third-order valence-electron chi connectivity index (χ3n) is 3.47. The van der Waals surface area contributed by atoms with Crippen LogP contribution >= 0.6 is 0 Å². The van der Waals surface area contributed by atoms with Crippen molar-refractivity contribution in [2.75, 3.05) is 5.32 Å². The number of amides is 1. The lowest BCUT2D eigenvalue weighted by molar-refractivity contribution is -0.137. The lowest BCUT2D eigenvalue weighted by Crippen LogP contribution is -2.18. The van der Waals surface area contributed by atoms with Gasteiger partial charge >= 0.3 is 6.18 Å². The van der Waals surface area contributed by atoms with Crippen molar-refractivity contribution in [1.82, 2.24) is 9.55 Å². The monoisotopic (exact) mass is 355 g/mol. The Morgan fingerprint density at radius 1 is 1.08 bits per heavy atom. The molecule has 0 bridgehead atoms. The van der Waals surface area contributed by atoms with Crippen molar-refractivity contribution in [3.05, 3.63) is 59.9 Å². The molecule has 130 valence electrons. The molecule has 0 fully saturated rings. The number of aromatic nitrogens is 2. The van der Waals surface area contributed by atoms with Gasteiger partial charge in [-0.2, -0.15) is 13.2 Å². The average Bonchev–Trinajstić information content (AvgIpc) is 2.89. The van der Waals surface area contributed by atoms with Crippen molar-refractivity contribution in [2.24, 2.45) is 0 Å². The van der Waals surface area contributed by atoms with Gasteiger partial charge in [0.2, 0.25) is 5.91 Å². The molecule has 0 aliphatic heterocycles. The molecular formula is C16H10F5N3O. The topological polar surface area (TPSA) is 46.9 Å². The Balaban J connectivity index is 1.74. The molecule has 0 saturated carbocycles. The van der Waals surface area contributed by atoms with Gasteiger partial charge in [0.05, 0.1) is 22.9 Å². The van der Waals surface area contributed by atoms with Gasteiger partial charge < -0.3 is 9.88 Å². The number of carbonyl (C=O) groups excluding carboxylic acids is 1. The van der Waals surface area contributed by atoms with E-state index in [4.69, 9.17) is 0 Å². The van der Waals surface area contributed by atoms with Gasteiger partial charge in [0.15, 0.2) is 11.6 Å². The van der Waals surface area contributed by atoms with Crippen LogP contribution in [0.15, 0.2) is 42.7 Å². The van der Waals surface area contributed by atoms with Gasteiger partial charge in [-0.05, 0) is 24.3 Å². The summed E-state index contributed by atoms with van der Waals surface area (Å²) < 4.78 is 65.2. The zero-order valence-electron chi connectivity index (χ0n) is 12.4. The minimum atomic E-state index is -4.46. The van der Waals surface area contributed by atoms with E-state index in [0.29, 0.717) is 0 Å². The number of halogens is 5. The average molecular weight is 355 g/mol. The molecular weight excluding hydrogens is 345 g/mol. The molecule has 1 amide bonds. The third-order valence-corrected chi connectivity index (χ3v) is 3.47. The molecule has 25 heavy (non-hydrogen) atoms. The summed E-state index contributed by atoms with van der Waals surface area (Å²) >= 11 is 0. The van der Waals surface area contributed by atoms with Crippen LogP contribution in [0, 0.1) is 11.6 Å². The van der Waals surface area contributed by atoms with E-state index in [9.17, 15) is 26.7 Å². The van der Waals surface area contributed by atoms with Crippen molar-refractivity contribution < 1.29 is 26.7 Å². The van der Waals surface area contributed by atoms with Crippen LogP contribution in [0.3, 0.4) is 0 Å². The number of nitrogens with one attached hydrogen (secondary N) is 1. The number of benzene rings is 2. The lowest BCUT2D eigenvalue weighted by Gasteiger charge is -2.09. The molecule has 1 aromatic heterocycles. The fraction of sp³-hybridized carbons (Fsp3) is 0.125. The molecule has 0 aliphatic carbocycles. The van der Waals surface area contributed by atoms with E-state index in [1.807, 2.05) is 0 Å². The first-order valence-electron chi connectivity index (χ1n) is 7.01. The zero-order valence-corrected chi connectivity index (χ0v) is 12.4. The summed E-state index contributed by atoms with van der Waals surface area (Å²) in [7, 11) is 0.